The molecule has 43 heavy (non-hydrogen) atoms. The van der Waals surface area contributed by atoms with Gasteiger partial charge in [0.05, 0.1) is 0 Å². The van der Waals surface area contributed by atoms with Crippen LogP contribution in [0.15, 0.2) is 146 Å². The van der Waals surface area contributed by atoms with Crippen LogP contribution in [-0.4, -0.2) is 19.9 Å². The fourth-order valence-electron chi connectivity index (χ4n) is 5.53. The first-order valence-electron chi connectivity index (χ1n) is 14.1. The highest BCUT2D eigenvalue weighted by Crippen LogP contribution is 2.43. The molecule has 0 unspecified atom stereocenters. The number of nitrogens with zero attached hydrogens (tertiary/aromatic N) is 4. The normalized spacial score (nSPS) is 11.3. The van der Waals surface area contributed by atoms with Gasteiger partial charge < -0.3 is 0 Å². The van der Waals surface area contributed by atoms with Crippen LogP contribution in [0.25, 0.3) is 76.6 Å². The predicted octanol–water partition coefficient (Wildman–Crippen LogP) is 9.97. The number of hydrogen-bond donors (Lipinski definition) is 0. The highest BCUT2D eigenvalue weighted by Gasteiger charge is 2.18. The predicted molar refractivity (Wildman–Crippen MR) is 178 cm³/mol. The Hall–Kier alpha value is -5.52. The summed E-state index contributed by atoms with van der Waals surface area (Å²) < 4.78 is 2.42. The SMILES string of the molecule is c1ccc(-c2nc(-c3ccccc3)nc(-c3cccc4c3sc3c(-c5ccc(-c6cccnc6)cc5)cccc34)n2)cc1. The van der Waals surface area contributed by atoms with E-state index < -0.39 is 0 Å². The van der Waals surface area contributed by atoms with Crippen molar-refractivity contribution in [1.82, 2.24) is 19.9 Å². The van der Waals surface area contributed by atoms with Crippen molar-refractivity contribution in [2.75, 3.05) is 0 Å². The molecule has 0 fully saturated rings. The number of benzene rings is 5. The second kappa shape index (κ2) is 10.7. The van der Waals surface area contributed by atoms with Crippen molar-refractivity contribution in [1.29, 1.82) is 0 Å². The van der Waals surface area contributed by atoms with Crippen LogP contribution in [0, 0.1) is 0 Å². The molecule has 0 amide bonds. The number of pyridine rings is 1. The smallest absolute Gasteiger partial charge is 0.165 e. The van der Waals surface area contributed by atoms with E-state index in [4.69, 9.17) is 15.0 Å². The second-order valence-electron chi connectivity index (χ2n) is 10.3. The first-order valence-corrected chi connectivity index (χ1v) is 15.0. The van der Waals surface area contributed by atoms with Gasteiger partial charge in [0.15, 0.2) is 17.5 Å². The van der Waals surface area contributed by atoms with Crippen LogP contribution < -0.4 is 0 Å². The van der Waals surface area contributed by atoms with Crippen molar-refractivity contribution in [2.24, 2.45) is 0 Å². The van der Waals surface area contributed by atoms with Gasteiger partial charge >= 0.3 is 0 Å². The Balaban J connectivity index is 1.29. The number of thiophene rings is 1. The minimum Gasteiger partial charge on any atom is -0.264 e. The lowest BCUT2D eigenvalue weighted by Crippen LogP contribution is -2.00. The average molecular weight is 569 g/mol. The Morgan fingerprint density at radius 3 is 1.51 bits per heavy atom. The molecule has 0 aliphatic rings. The molecular formula is C38H24N4S. The van der Waals surface area contributed by atoms with E-state index in [9.17, 15) is 0 Å². The molecule has 0 spiro atoms. The Labute approximate surface area is 253 Å². The van der Waals surface area contributed by atoms with Crippen LogP contribution in [0.4, 0.5) is 0 Å². The van der Waals surface area contributed by atoms with Crippen LogP contribution in [0.1, 0.15) is 0 Å². The van der Waals surface area contributed by atoms with Gasteiger partial charge in [-0.3, -0.25) is 4.98 Å². The molecular weight excluding hydrogens is 545 g/mol. The van der Waals surface area contributed by atoms with Gasteiger partial charge in [-0.1, -0.05) is 121 Å². The third-order valence-corrected chi connectivity index (χ3v) is 8.94. The zero-order valence-corrected chi connectivity index (χ0v) is 23.9. The molecule has 8 rings (SSSR count). The molecule has 0 saturated heterocycles. The maximum atomic E-state index is 5.02. The standard InChI is InChI=1S/C38H24N4S/c1-3-10-27(11-4-1)36-40-37(28-12-5-2-6-13-28)42-38(41-36)33-18-8-17-32-31-16-7-15-30(34(31)43-35(32)33)26-21-19-25(20-22-26)29-14-9-23-39-24-29/h1-24H. The molecule has 4 nitrogen and oxygen atoms in total. The number of fused-ring (bicyclic) bond motifs is 3. The molecule has 5 aromatic carbocycles. The van der Waals surface area contributed by atoms with E-state index in [1.54, 1.807) is 17.5 Å². The summed E-state index contributed by atoms with van der Waals surface area (Å²) in [5.41, 5.74) is 7.60. The molecule has 0 N–H and O–H groups in total. The van der Waals surface area contributed by atoms with E-state index in [0.717, 1.165) is 27.8 Å². The van der Waals surface area contributed by atoms with Crippen LogP contribution in [0.2, 0.25) is 0 Å². The Kier molecular flexibility index (Phi) is 6.28. The first kappa shape index (κ1) is 25.2. The van der Waals surface area contributed by atoms with E-state index in [2.05, 4.69) is 71.7 Å². The van der Waals surface area contributed by atoms with Gasteiger partial charge in [0.25, 0.3) is 0 Å². The molecule has 3 aromatic heterocycles. The lowest BCUT2D eigenvalue weighted by atomic mass is 9.99. The van der Waals surface area contributed by atoms with Gasteiger partial charge in [-0.15, -0.1) is 11.3 Å². The monoisotopic (exact) mass is 568 g/mol. The molecule has 202 valence electrons. The van der Waals surface area contributed by atoms with Crippen molar-refractivity contribution in [3.63, 3.8) is 0 Å². The van der Waals surface area contributed by atoms with Gasteiger partial charge in [0.2, 0.25) is 0 Å². The third kappa shape index (κ3) is 4.66. The van der Waals surface area contributed by atoms with Gasteiger partial charge in [-0.25, -0.2) is 15.0 Å². The van der Waals surface area contributed by atoms with Crippen molar-refractivity contribution in [3.8, 4) is 56.4 Å². The van der Waals surface area contributed by atoms with Crippen molar-refractivity contribution < 1.29 is 0 Å². The van der Waals surface area contributed by atoms with Crippen molar-refractivity contribution in [3.05, 3.63) is 146 Å². The van der Waals surface area contributed by atoms with E-state index in [-0.39, 0.29) is 0 Å². The van der Waals surface area contributed by atoms with E-state index in [1.165, 1.54) is 31.3 Å². The largest absolute Gasteiger partial charge is 0.264 e. The van der Waals surface area contributed by atoms with E-state index in [1.807, 2.05) is 72.9 Å². The molecule has 0 radical (unpaired) electrons. The maximum Gasteiger partial charge on any atom is 0.165 e. The maximum absolute atomic E-state index is 5.02. The summed E-state index contributed by atoms with van der Waals surface area (Å²) in [4.78, 5) is 19.2. The highest BCUT2D eigenvalue weighted by molar-refractivity contribution is 7.26. The number of hydrogen-bond acceptors (Lipinski definition) is 5. The Bertz CT molecular complexity index is 2150. The van der Waals surface area contributed by atoms with Gasteiger partial charge in [0.1, 0.15) is 0 Å². The van der Waals surface area contributed by atoms with Crippen molar-refractivity contribution >= 4 is 31.5 Å². The second-order valence-corrected chi connectivity index (χ2v) is 11.3. The molecule has 0 atom stereocenters. The first-order chi connectivity index (χ1) is 21.3. The minimum absolute atomic E-state index is 0.664. The summed E-state index contributed by atoms with van der Waals surface area (Å²) in [5, 5.41) is 2.44. The zero-order valence-electron chi connectivity index (χ0n) is 23.1. The molecule has 5 heteroatoms. The summed E-state index contributed by atoms with van der Waals surface area (Å²) in [5.74, 6) is 2.00. The molecule has 8 aromatic rings. The highest BCUT2D eigenvalue weighted by atomic mass is 32.1. The van der Waals surface area contributed by atoms with Crippen LogP contribution in [-0.2, 0) is 0 Å². The van der Waals surface area contributed by atoms with Gasteiger partial charge in [0, 0.05) is 49.3 Å². The van der Waals surface area contributed by atoms with Crippen LogP contribution in [0.5, 0.6) is 0 Å². The summed E-state index contributed by atoms with van der Waals surface area (Å²) >= 11 is 1.80. The molecule has 0 aliphatic carbocycles. The lowest BCUT2D eigenvalue weighted by Gasteiger charge is -2.09. The number of rotatable bonds is 5. The zero-order chi connectivity index (χ0) is 28.6. The molecule has 0 bridgehead atoms. The van der Waals surface area contributed by atoms with Crippen LogP contribution in [0.3, 0.4) is 0 Å². The lowest BCUT2D eigenvalue weighted by molar-refractivity contribution is 1.08. The summed E-state index contributed by atoms with van der Waals surface area (Å²) in [6, 6.07) is 46.0. The fraction of sp³-hybridized carbons (Fsp3) is 0. The van der Waals surface area contributed by atoms with Crippen molar-refractivity contribution in [2.45, 2.75) is 0 Å². The summed E-state index contributed by atoms with van der Waals surface area (Å²) in [6.45, 7) is 0. The summed E-state index contributed by atoms with van der Waals surface area (Å²) in [6.07, 6.45) is 3.70. The average Bonchev–Trinajstić information content (AvgIpc) is 3.49. The minimum atomic E-state index is 0.664. The molecule has 0 saturated carbocycles. The van der Waals surface area contributed by atoms with E-state index in [0.29, 0.717) is 17.5 Å². The molecule has 3 heterocycles. The molecule has 0 aliphatic heterocycles. The van der Waals surface area contributed by atoms with Gasteiger partial charge in [-0.2, -0.15) is 0 Å². The van der Waals surface area contributed by atoms with Crippen LogP contribution >= 0.6 is 11.3 Å². The van der Waals surface area contributed by atoms with E-state index >= 15 is 0 Å². The van der Waals surface area contributed by atoms with Gasteiger partial charge in [-0.05, 0) is 34.4 Å². The number of aromatic nitrogens is 4. The third-order valence-electron chi connectivity index (χ3n) is 7.66. The Morgan fingerprint density at radius 2 is 0.907 bits per heavy atom. The summed E-state index contributed by atoms with van der Waals surface area (Å²) in [7, 11) is 0. The topological polar surface area (TPSA) is 51.6 Å². The quantitative estimate of drug-likeness (QED) is 0.207. The fourth-order valence-corrected chi connectivity index (χ4v) is 6.87. The Morgan fingerprint density at radius 1 is 0.372 bits per heavy atom.